The van der Waals surface area contributed by atoms with E-state index >= 15 is 0 Å². The quantitative estimate of drug-likeness (QED) is 0.545. The summed E-state index contributed by atoms with van der Waals surface area (Å²) in [4.78, 5) is 23.8. The lowest BCUT2D eigenvalue weighted by atomic mass is 10.0. The number of hydrazine groups is 1. The average Bonchev–Trinajstić information content (AvgIpc) is 2.66. The third-order valence-electron chi connectivity index (χ3n) is 3.84. The fourth-order valence-electron chi connectivity index (χ4n) is 2.57. The van der Waals surface area contributed by atoms with Crippen LogP contribution in [0.5, 0.6) is 0 Å². The number of halogens is 1. The van der Waals surface area contributed by atoms with Gasteiger partial charge in [-0.3, -0.25) is 20.4 Å². The van der Waals surface area contributed by atoms with E-state index in [1.54, 1.807) is 30.3 Å². The van der Waals surface area contributed by atoms with Gasteiger partial charge in [0.05, 0.1) is 6.42 Å². The molecule has 0 spiro atoms. The first-order valence-corrected chi connectivity index (χ1v) is 8.49. The van der Waals surface area contributed by atoms with E-state index in [2.05, 4.69) is 10.9 Å². The van der Waals surface area contributed by atoms with E-state index < -0.39 is 5.91 Å². The highest BCUT2D eigenvalue weighted by Crippen LogP contribution is 2.19. The molecule has 5 heteroatoms. The molecule has 0 aromatic heterocycles. The van der Waals surface area contributed by atoms with Gasteiger partial charge < -0.3 is 0 Å². The zero-order valence-corrected chi connectivity index (χ0v) is 14.7. The smallest absolute Gasteiger partial charge is 0.262 e. The Morgan fingerprint density at radius 3 is 2.42 bits per heavy atom. The SMILES string of the molecule is O=C(/C=C/c1cccc2ccccc12)NNC(=O)Cc1ccc(Cl)cc1. The van der Waals surface area contributed by atoms with Crippen LogP contribution in [0.3, 0.4) is 0 Å². The van der Waals surface area contributed by atoms with Crippen LogP contribution in [0, 0.1) is 0 Å². The molecule has 3 aromatic carbocycles. The van der Waals surface area contributed by atoms with E-state index in [0.717, 1.165) is 21.9 Å². The number of hydrogen-bond acceptors (Lipinski definition) is 2. The van der Waals surface area contributed by atoms with Crippen molar-refractivity contribution >= 4 is 40.3 Å². The van der Waals surface area contributed by atoms with Gasteiger partial charge in [0.25, 0.3) is 5.91 Å². The molecule has 0 heterocycles. The van der Waals surface area contributed by atoms with Crippen LogP contribution >= 0.6 is 11.6 Å². The zero-order valence-electron chi connectivity index (χ0n) is 13.9. The van der Waals surface area contributed by atoms with E-state index in [4.69, 9.17) is 11.6 Å². The zero-order chi connectivity index (χ0) is 18.4. The molecule has 130 valence electrons. The van der Waals surface area contributed by atoms with Crippen LogP contribution in [0.1, 0.15) is 11.1 Å². The fraction of sp³-hybridized carbons (Fsp3) is 0.0476. The van der Waals surface area contributed by atoms with E-state index in [-0.39, 0.29) is 12.3 Å². The molecule has 0 fully saturated rings. The van der Waals surface area contributed by atoms with Gasteiger partial charge in [-0.05, 0) is 40.1 Å². The molecule has 0 saturated heterocycles. The molecule has 0 atom stereocenters. The van der Waals surface area contributed by atoms with Gasteiger partial charge in [0.15, 0.2) is 0 Å². The van der Waals surface area contributed by atoms with Crippen molar-refractivity contribution in [2.24, 2.45) is 0 Å². The maximum absolute atomic E-state index is 11.9. The molecule has 0 bridgehead atoms. The number of benzene rings is 3. The predicted molar refractivity (Wildman–Crippen MR) is 104 cm³/mol. The predicted octanol–water partition coefficient (Wildman–Crippen LogP) is 3.90. The summed E-state index contributed by atoms with van der Waals surface area (Å²) in [7, 11) is 0. The number of carbonyl (C=O) groups is 2. The molecular weight excluding hydrogens is 348 g/mol. The molecule has 0 aliphatic carbocycles. The van der Waals surface area contributed by atoms with Gasteiger partial charge >= 0.3 is 0 Å². The monoisotopic (exact) mass is 364 g/mol. The van der Waals surface area contributed by atoms with Crippen molar-refractivity contribution in [2.45, 2.75) is 6.42 Å². The third kappa shape index (κ3) is 4.71. The van der Waals surface area contributed by atoms with Gasteiger partial charge in [-0.15, -0.1) is 0 Å². The summed E-state index contributed by atoms with van der Waals surface area (Å²) >= 11 is 5.81. The molecule has 26 heavy (non-hydrogen) atoms. The lowest BCUT2D eigenvalue weighted by Crippen LogP contribution is -2.41. The summed E-state index contributed by atoms with van der Waals surface area (Å²) in [6.07, 6.45) is 3.28. The lowest BCUT2D eigenvalue weighted by molar-refractivity contribution is -0.126. The Hall–Kier alpha value is -3.11. The molecule has 0 saturated carbocycles. The second-order valence-corrected chi connectivity index (χ2v) is 6.18. The Morgan fingerprint density at radius 1 is 0.885 bits per heavy atom. The van der Waals surface area contributed by atoms with Gasteiger partial charge in [0.2, 0.25) is 5.91 Å². The highest BCUT2D eigenvalue weighted by molar-refractivity contribution is 6.30. The van der Waals surface area contributed by atoms with Crippen molar-refractivity contribution in [2.75, 3.05) is 0 Å². The number of amides is 2. The number of rotatable bonds is 4. The summed E-state index contributed by atoms with van der Waals surface area (Å²) in [6.45, 7) is 0. The fourth-order valence-corrected chi connectivity index (χ4v) is 2.69. The Bertz CT molecular complexity index is 960. The topological polar surface area (TPSA) is 58.2 Å². The molecule has 2 amide bonds. The molecule has 0 radical (unpaired) electrons. The molecule has 0 unspecified atom stereocenters. The summed E-state index contributed by atoms with van der Waals surface area (Å²) in [5.74, 6) is -0.707. The lowest BCUT2D eigenvalue weighted by Gasteiger charge is -2.06. The van der Waals surface area contributed by atoms with Gasteiger partial charge in [0.1, 0.15) is 0 Å². The Morgan fingerprint density at radius 2 is 1.62 bits per heavy atom. The Balaban J connectivity index is 1.55. The molecule has 2 N–H and O–H groups in total. The second-order valence-electron chi connectivity index (χ2n) is 5.74. The van der Waals surface area contributed by atoms with Crippen LogP contribution in [-0.2, 0) is 16.0 Å². The minimum absolute atomic E-state index is 0.157. The van der Waals surface area contributed by atoms with Gasteiger partial charge in [-0.1, -0.05) is 66.2 Å². The van der Waals surface area contributed by atoms with Crippen molar-refractivity contribution in [1.29, 1.82) is 0 Å². The van der Waals surface area contributed by atoms with E-state index in [9.17, 15) is 9.59 Å². The van der Waals surface area contributed by atoms with E-state index in [1.807, 2.05) is 42.5 Å². The Labute approximate surface area is 156 Å². The number of fused-ring (bicyclic) bond motifs is 1. The maximum atomic E-state index is 11.9. The van der Waals surface area contributed by atoms with Gasteiger partial charge in [-0.2, -0.15) is 0 Å². The highest BCUT2D eigenvalue weighted by Gasteiger charge is 2.04. The van der Waals surface area contributed by atoms with Crippen LogP contribution in [0.2, 0.25) is 5.02 Å². The third-order valence-corrected chi connectivity index (χ3v) is 4.09. The van der Waals surface area contributed by atoms with E-state index in [1.165, 1.54) is 6.08 Å². The standard InChI is InChI=1S/C21H17ClN2O2/c22-18-11-8-15(9-12-18)14-21(26)24-23-20(25)13-10-17-6-3-5-16-4-1-2-7-19(16)17/h1-13H,14H2,(H,23,25)(H,24,26)/b13-10+. The average molecular weight is 365 g/mol. The molecule has 3 aromatic rings. The van der Waals surface area contributed by atoms with Crippen LogP contribution in [0.4, 0.5) is 0 Å². The van der Waals surface area contributed by atoms with Crippen molar-refractivity contribution in [3.05, 3.63) is 89.0 Å². The molecule has 3 rings (SSSR count). The minimum Gasteiger partial charge on any atom is -0.273 e. The molecule has 0 aliphatic heterocycles. The second kappa shape index (κ2) is 8.32. The maximum Gasteiger partial charge on any atom is 0.262 e. The van der Waals surface area contributed by atoms with Crippen LogP contribution in [0.15, 0.2) is 72.8 Å². The summed E-state index contributed by atoms with van der Waals surface area (Å²) in [5.41, 5.74) is 6.53. The summed E-state index contributed by atoms with van der Waals surface area (Å²) in [5, 5.41) is 2.78. The van der Waals surface area contributed by atoms with Crippen LogP contribution < -0.4 is 10.9 Å². The highest BCUT2D eigenvalue weighted by atomic mass is 35.5. The first-order chi connectivity index (χ1) is 12.6. The van der Waals surface area contributed by atoms with Crippen molar-refractivity contribution in [3.8, 4) is 0 Å². The van der Waals surface area contributed by atoms with Crippen LogP contribution in [0.25, 0.3) is 16.8 Å². The van der Waals surface area contributed by atoms with Crippen LogP contribution in [-0.4, -0.2) is 11.8 Å². The van der Waals surface area contributed by atoms with Gasteiger partial charge in [0, 0.05) is 11.1 Å². The molecular formula is C21H17ClN2O2. The largest absolute Gasteiger partial charge is 0.273 e. The van der Waals surface area contributed by atoms with Crippen molar-refractivity contribution in [1.82, 2.24) is 10.9 Å². The number of hydrogen-bond donors (Lipinski definition) is 2. The first kappa shape index (κ1) is 17.7. The molecule has 0 aliphatic rings. The first-order valence-electron chi connectivity index (χ1n) is 8.11. The molecule has 4 nitrogen and oxygen atoms in total. The van der Waals surface area contributed by atoms with Crippen molar-refractivity contribution < 1.29 is 9.59 Å². The van der Waals surface area contributed by atoms with Gasteiger partial charge in [-0.25, -0.2) is 0 Å². The number of carbonyl (C=O) groups excluding carboxylic acids is 2. The minimum atomic E-state index is -0.401. The van der Waals surface area contributed by atoms with Crippen molar-refractivity contribution in [3.63, 3.8) is 0 Å². The normalized spacial score (nSPS) is 10.8. The summed E-state index contributed by atoms with van der Waals surface area (Å²) in [6, 6.07) is 20.8. The van der Waals surface area contributed by atoms with E-state index in [0.29, 0.717) is 5.02 Å². The summed E-state index contributed by atoms with van der Waals surface area (Å²) < 4.78 is 0. The number of nitrogens with one attached hydrogen (secondary N) is 2. The Kier molecular flexibility index (Phi) is 5.66.